The maximum atomic E-state index is 13.3. The van der Waals surface area contributed by atoms with Crippen molar-refractivity contribution in [2.24, 2.45) is 0 Å². The Morgan fingerprint density at radius 1 is 0.952 bits per heavy atom. The third-order valence-electron chi connectivity index (χ3n) is 2.41. The van der Waals surface area contributed by atoms with E-state index in [1.807, 2.05) is 5.32 Å². The predicted octanol–water partition coefficient (Wildman–Crippen LogP) is 2.76. The van der Waals surface area contributed by atoms with E-state index in [2.05, 4.69) is 0 Å². The highest BCUT2D eigenvalue weighted by Crippen LogP contribution is 2.22. The lowest BCUT2D eigenvalue weighted by atomic mass is 10.1. The van der Waals surface area contributed by atoms with E-state index in [1.165, 1.54) is 0 Å². The van der Waals surface area contributed by atoms with Crippen molar-refractivity contribution in [2.75, 3.05) is 25.6 Å². The molecule has 1 amide bonds. The molecule has 0 heterocycles. The minimum Gasteiger partial charge on any atom is -0.380 e. The number of alkyl halides is 1. The third-order valence-corrected chi connectivity index (χ3v) is 2.56. The first-order chi connectivity index (χ1) is 9.91. The highest BCUT2D eigenvalue weighted by molar-refractivity contribution is 6.17. The lowest BCUT2D eigenvalue weighted by Crippen LogP contribution is -2.28. The van der Waals surface area contributed by atoms with E-state index in [4.69, 9.17) is 16.3 Å². The summed E-state index contributed by atoms with van der Waals surface area (Å²) >= 11 is 5.34. The summed E-state index contributed by atoms with van der Waals surface area (Å²) in [4.78, 5) is 11.5. The Morgan fingerprint density at radius 3 is 2.00 bits per heavy atom. The van der Waals surface area contributed by atoms with Gasteiger partial charge in [0.2, 0.25) is 5.82 Å². The van der Waals surface area contributed by atoms with E-state index < -0.39 is 40.6 Å². The molecular weight excluding hydrogens is 321 g/mol. The van der Waals surface area contributed by atoms with Crippen LogP contribution in [0.3, 0.4) is 0 Å². The summed E-state index contributed by atoms with van der Waals surface area (Å²) in [5, 5.41) is 2.04. The first kappa shape index (κ1) is 17.6. The second-order valence-corrected chi connectivity index (χ2v) is 4.23. The number of ether oxygens (including phenoxy) is 1. The molecule has 0 bridgehead atoms. The third kappa shape index (κ3) is 4.28. The highest BCUT2D eigenvalue weighted by Gasteiger charge is 2.29. The smallest absolute Gasteiger partial charge is 0.257 e. The van der Waals surface area contributed by atoms with E-state index in [9.17, 15) is 26.7 Å². The SMILES string of the molecule is O=C(NCCCOCCCl)c1c(F)c(F)c(F)c(F)c1F. The summed E-state index contributed by atoms with van der Waals surface area (Å²) < 4.78 is 70.2. The Morgan fingerprint density at radius 2 is 1.48 bits per heavy atom. The molecule has 0 spiro atoms. The normalized spacial score (nSPS) is 10.8. The molecule has 9 heteroatoms. The fourth-order valence-electron chi connectivity index (χ4n) is 1.43. The van der Waals surface area contributed by atoms with E-state index >= 15 is 0 Å². The number of benzene rings is 1. The summed E-state index contributed by atoms with van der Waals surface area (Å²) in [5.41, 5.74) is -1.51. The zero-order valence-electron chi connectivity index (χ0n) is 10.6. The van der Waals surface area contributed by atoms with Gasteiger partial charge < -0.3 is 10.1 Å². The van der Waals surface area contributed by atoms with Gasteiger partial charge in [0.15, 0.2) is 23.3 Å². The molecule has 1 aromatic carbocycles. The van der Waals surface area contributed by atoms with Gasteiger partial charge in [-0.2, -0.15) is 0 Å². The van der Waals surface area contributed by atoms with Crippen LogP contribution in [-0.4, -0.2) is 31.5 Å². The Labute approximate surface area is 122 Å². The van der Waals surface area contributed by atoms with Crippen LogP contribution in [0.1, 0.15) is 16.8 Å². The molecule has 0 radical (unpaired) electrons. The molecule has 1 rings (SSSR count). The molecule has 0 aliphatic heterocycles. The highest BCUT2D eigenvalue weighted by atomic mass is 35.5. The zero-order chi connectivity index (χ0) is 16.0. The molecular formula is C12H11ClF5NO2. The Balaban J connectivity index is 2.71. The number of carbonyl (C=O) groups is 1. The number of carbonyl (C=O) groups excluding carboxylic acids is 1. The van der Waals surface area contributed by atoms with Gasteiger partial charge in [0.05, 0.1) is 6.61 Å². The van der Waals surface area contributed by atoms with Gasteiger partial charge in [-0.1, -0.05) is 0 Å². The van der Waals surface area contributed by atoms with Crippen LogP contribution in [0.5, 0.6) is 0 Å². The molecule has 118 valence electrons. The summed E-state index contributed by atoms with van der Waals surface area (Å²) in [6.45, 7) is 0.470. The van der Waals surface area contributed by atoms with Crippen molar-refractivity contribution in [1.82, 2.24) is 5.32 Å². The van der Waals surface area contributed by atoms with Gasteiger partial charge in [-0.05, 0) is 6.42 Å². The second kappa shape index (κ2) is 8.14. The van der Waals surface area contributed by atoms with Crippen molar-refractivity contribution in [3.63, 3.8) is 0 Å². The summed E-state index contributed by atoms with van der Waals surface area (Å²) in [7, 11) is 0. The van der Waals surface area contributed by atoms with Crippen LogP contribution >= 0.6 is 11.6 Å². The summed E-state index contributed by atoms with van der Waals surface area (Å²) in [6, 6.07) is 0. The van der Waals surface area contributed by atoms with Gasteiger partial charge in [0.1, 0.15) is 5.56 Å². The molecule has 1 aromatic rings. The topological polar surface area (TPSA) is 38.3 Å². The second-order valence-electron chi connectivity index (χ2n) is 3.86. The first-order valence-corrected chi connectivity index (χ1v) is 6.38. The molecule has 1 N–H and O–H groups in total. The van der Waals surface area contributed by atoms with Crippen molar-refractivity contribution >= 4 is 17.5 Å². The van der Waals surface area contributed by atoms with Crippen LogP contribution in [0.25, 0.3) is 0 Å². The first-order valence-electron chi connectivity index (χ1n) is 5.85. The number of hydrogen-bond donors (Lipinski definition) is 1. The average Bonchev–Trinajstić information content (AvgIpc) is 2.47. The Kier molecular flexibility index (Phi) is 6.83. The molecule has 3 nitrogen and oxygen atoms in total. The van der Waals surface area contributed by atoms with Crippen LogP contribution in [0.2, 0.25) is 0 Å². The molecule has 0 aromatic heterocycles. The van der Waals surface area contributed by atoms with Crippen LogP contribution < -0.4 is 5.32 Å². The number of halogens is 6. The molecule has 0 saturated heterocycles. The van der Waals surface area contributed by atoms with Crippen molar-refractivity contribution < 1.29 is 31.5 Å². The number of rotatable bonds is 7. The van der Waals surface area contributed by atoms with Crippen molar-refractivity contribution in [2.45, 2.75) is 6.42 Å². The lowest BCUT2D eigenvalue weighted by molar-refractivity contribution is 0.0933. The van der Waals surface area contributed by atoms with E-state index in [0.29, 0.717) is 6.61 Å². The number of nitrogens with one attached hydrogen (secondary N) is 1. The Hall–Kier alpha value is -1.41. The van der Waals surface area contributed by atoms with Crippen LogP contribution in [-0.2, 0) is 4.74 Å². The van der Waals surface area contributed by atoms with Crippen molar-refractivity contribution in [3.8, 4) is 0 Å². The molecule has 0 fully saturated rings. The fourth-order valence-corrected chi connectivity index (χ4v) is 1.53. The van der Waals surface area contributed by atoms with Gasteiger partial charge in [0, 0.05) is 19.0 Å². The van der Waals surface area contributed by atoms with Gasteiger partial charge in [-0.3, -0.25) is 4.79 Å². The number of hydrogen-bond acceptors (Lipinski definition) is 2. The van der Waals surface area contributed by atoms with Crippen LogP contribution in [0, 0.1) is 29.1 Å². The largest absolute Gasteiger partial charge is 0.380 e. The van der Waals surface area contributed by atoms with Crippen molar-refractivity contribution in [3.05, 3.63) is 34.6 Å². The van der Waals surface area contributed by atoms with Gasteiger partial charge in [-0.15, -0.1) is 11.6 Å². The maximum Gasteiger partial charge on any atom is 0.257 e. The van der Waals surface area contributed by atoms with Crippen LogP contribution in [0.15, 0.2) is 0 Å². The molecule has 0 aliphatic carbocycles. The molecule has 21 heavy (non-hydrogen) atoms. The molecule has 0 aliphatic rings. The summed E-state index contributed by atoms with van der Waals surface area (Å²) in [5.74, 6) is -12.1. The minimum atomic E-state index is -2.31. The lowest BCUT2D eigenvalue weighted by Gasteiger charge is -2.09. The summed E-state index contributed by atoms with van der Waals surface area (Å²) in [6.07, 6.45) is 0.290. The maximum absolute atomic E-state index is 13.3. The molecule has 0 saturated carbocycles. The Bertz CT molecular complexity index is 498. The quantitative estimate of drug-likeness (QED) is 0.274. The fraction of sp³-hybridized carbons (Fsp3) is 0.417. The monoisotopic (exact) mass is 331 g/mol. The van der Waals surface area contributed by atoms with Gasteiger partial charge >= 0.3 is 0 Å². The average molecular weight is 332 g/mol. The molecule has 0 unspecified atom stereocenters. The minimum absolute atomic E-state index is 0.0549. The van der Waals surface area contributed by atoms with E-state index in [1.54, 1.807) is 0 Å². The van der Waals surface area contributed by atoms with Gasteiger partial charge in [0.25, 0.3) is 5.91 Å². The van der Waals surface area contributed by atoms with E-state index in [0.717, 1.165) is 0 Å². The molecule has 0 atom stereocenters. The number of amides is 1. The van der Waals surface area contributed by atoms with Crippen molar-refractivity contribution in [1.29, 1.82) is 0 Å². The standard InChI is InChI=1S/C12H11ClF5NO2/c13-2-5-21-4-1-3-19-12(20)6-7(14)9(16)11(18)10(17)8(6)15/h1-5H2,(H,19,20). The zero-order valence-corrected chi connectivity index (χ0v) is 11.4. The van der Waals surface area contributed by atoms with Gasteiger partial charge in [-0.25, -0.2) is 22.0 Å². The van der Waals surface area contributed by atoms with E-state index in [-0.39, 0.29) is 25.5 Å². The predicted molar refractivity (Wildman–Crippen MR) is 64.7 cm³/mol. The van der Waals surface area contributed by atoms with Crippen LogP contribution in [0.4, 0.5) is 22.0 Å².